The Morgan fingerprint density at radius 1 is 0.816 bits per heavy atom. The van der Waals surface area contributed by atoms with E-state index in [1.807, 2.05) is 78.9 Å². The first-order chi connectivity index (χ1) is 18.6. The molecule has 3 amide bonds. The zero-order valence-electron chi connectivity index (χ0n) is 21.1. The number of nitrogens with zero attached hydrogens (tertiary/aromatic N) is 2. The van der Waals surface area contributed by atoms with E-state index in [1.54, 1.807) is 9.80 Å². The molecule has 3 aromatic carbocycles. The molecule has 0 radical (unpaired) electrons. The average molecular weight is 514 g/mol. The molecule has 0 aromatic heterocycles. The maximum Gasteiger partial charge on any atom is 0.410 e. The first kappa shape index (κ1) is 25.5. The highest BCUT2D eigenvalue weighted by Gasteiger charge is 2.36. The zero-order chi connectivity index (χ0) is 26.5. The van der Waals surface area contributed by atoms with Crippen molar-refractivity contribution in [1.82, 2.24) is 15.1 Å². The van der Waals surface area contributed by atoms with Crippen molar-refractivity contribution in [2.45, 2.75) is 25.0 Å². The van der Waals surface area contributed by atoms with Crippen LogP contribution in [0.3, 0.4) is 0 Å². The molecular formula is C30H31N3O5. The van der Waals surface area contributed by atoms with Crippen molar-refractivity contribution < 1.29 is 24.2 Å². The highest BCUT2D eigenvalue weighted by molar-refractivity contribution is 5.98. The minimum atomic E-state index is -1.07. The second-order valence-corrected chi connectivity index (χ2v) is 9.56. The molecule has 1 saturated heterocycles. The molecule has 0 unspecified atom stereocenters. The van der Waals surface area contributed by atoms with Gasteiger partial charge in [-0.1, -0.05) is 78.9 Å². The molecule has 1 fully saturated rings. The highest BCUT2D eigenvalue weighted by atomic mass is 16.6. The number of amides is 3. The Labute approximate surface area is 221 Å². The van der Waals surface area contributed by atoms with Crippen LogP contribution in [0.4, 0.5) is 4.79 Å². The van der Waals surface area contributed by atoms with Gasteiger partial charge >= 0.3 is 6.09 Å². The Morgan fingerprint density at radius 2 is 1.39 bits per heavy atom. The summed E-state index contributed by atoms with van der Waals surface area (Å²) in [5.41, 5.74) is 4.68. The molecule has 1 heterocycles. The Hall–Kier alpha value is -4.17. The Morgan fingerprint density at radius 3 is 2.05 bits per heavy atom. The number of hydrogen-bond donors (Lipinski definition) is 2. The number of aliphatic hydroxyl groups is 1. The number of ether oxygens (including phenoxy) is 1. The number of aliphatic hydroxyl groups excluding tert-OH is 1. The van der Waals surface area contributed by atoms with E-state index in [0.29, 0.717) is 32.6 Å². The molecule has 0 spiro atoms. The van der Waals surface area contributed by atoms with Crippen LogP contribution in [0.25, 0.3) is 11.1 Å². The minimum absolute atomic E-state index is 0.185. The van der Waals surface area contributed by atoms with Gasteiger partial charge in [-0.25, -0.2) is 4.79 Å². The van der Waals surface area contributed by atoms with Crippen molar-refractivity contribution in [1.29, 1.82) is 0 Å². The van der Waals surface area contributed by atoms with Gasteiger partial charge in [-0.15, -0.1) is 0 Å². The summed E-state index contributed by atoms with van der Waals surface area (Å²) in [7, 11) is 0. The van der Waals surface area contributed by atoms with Crippen molar-refractivity contribution in [2.75, 3.05) is 32.8 Å². The molecule has 38 heavy (non-hydrogen) atoms. The Bertz CT molecular complexity index is 1270. The number of rotatable bonds is 6. The third-order valence-electron chi connectivity index (χ3n) is 7.16. The first-order valence-corrected chi connectivity index (χ1v) is 12.9. The van der Waals surface area contributed by atoms with E-state index in [1.165, 1.54) is 0 Å². The summed E-state index contributed by atoms with van der Waals surface area (Å²) >= 11 is 0. The second-order valence-electron chi connectivity index (χ2n) is 9.56. The molecule has 0 saturated carbocycles. The largest absolute Gasteiger partial charge is 0.445 e. The van der Waals surface area contributed by atoms with Crippen LogP contribution in [0.15, 0.2) is 78.9 Å². The minimum Gasteiger partial charge on any atom is -0.445 e. The molecule has 1 aliphatic heterocycles. The van der Waals surface area contributed by atoms with Gasteiger partial charge in [-0.05, 0) is 34.2 Å². The van der Waals surface area contributed by atoms with Gasteiger partial charge in [-0.3, -0.25) is 9.59 Å². The SMILES string of the molecule is O=C(N[C@@H](CO)C(=O)N1CCCN(C(=O)OCc2ccccc2)CC1)C1c2ccccc2-c2ccccc21. The molecule has 0 bridgehead atoms. The molecule has 3 aromatic rings. The summed E-state index contributed by atoms with van der Waals surface area (Å²) in [6, 6.07) is 23.9. The number of hydrogen-bond acceptors (Lipinski definition) is 5. The van der Waals surface area contributed by atoms with E-state index in [4.69, 9.17) is 4.74 Å². The van der Waals surface area contributed by atoms with Crippen molar-refractivity contribution in [3.63, 3.8) is 0 Å². The standard InChI is InChI=1S/C30H31N3O5/c34-19-26(31-28(35)27-24-13-6-4-11-22(24)23-12-5-7-14-25(23)27)29(36)32-15-8-16-33(18-17-32)30(37)38-20-21-9-2-1-3-10-21/h1-7,9-14,26-27,34H,8,15-20H2,(H,31,35)/t26-/m0/s1. The van der Waals surface area contributed by atoms with Crippen molar-refractivity contribution in [3.8, 4) is 11.1 Å². The van der Waals surface area contributed by atoms with Crippen LogP contribution in [-0.4, -0.2) is 71.6 Å². The summed E-state index contributed by atoms with van der Waals surface area (Å²) in [5, 5.41) is 12.8. The number of carbonyl (C=O) groups is 3. The molecule has 196 valence electrons. The van der Waals surface area contributed by atoms with Crippen LogP contribution in [0.2, 0.25) is 0 Å². The molecule has 5 rings (SSSR count). The van der Waals surface area contributed by atoms with E-state index in [9.17, 15) is 19.5 Å². The van der Waals surface area contributed by atoms with Crippen LogP contribution in [0.1, 0.15) is 29.0 Å². The summed E-state index contributed by atoms with van der Waals surface area (Å²) in [6.45, 7) is 1.16. The van der Waals surface area contributed by atoms with E-state index < -0.39 is 24.7 Å². The number of fused-ring (bicyclic) bond motifs is 3. The van der Waals surface area contributed by atoms with Gasteiger partial charge in [0.25, 0.3) is 0 Å². The Kier molecular flexibility index (Phi) is 7.70. The summed E-state index contributed by atoms with van der Waals surface area (Å²) < 4.78 is 5.44. The predicted octanol–water partition coefficient (Wildman–Crippen LogP) is 3.15. The summed E-state index contributed by atoms with van der Waals surface area (Å²) in [4.78, 5) is 42.6. The van der Waals surface area contributed by atoms with Crippen LogP contribution < -0.4 is 5.32 Å². The lowest BCUT2D eigenvalue weighted by molar-refractivity contribution is -0.137. The second kappa shape index (κ2) is 11.5. The molecule has 8 heteroatoms. The average Bonchev–Trinajstić information content (AvgIpc) is 3.10. The molecule has 2 N–H and O–H groups in total. The number of nitrogens with one attached hydrogen (secondary N) is 1. The van der Waals surface area contributed by atoms with Crippen LogP contribution in [0.5, 0.6) is 0 Å². The summed E-state index contributed by atoms with van der Waals surface area (Å²) in [5.74, 6) is -1.24. The number of carbonyl (C=O) groups excluding carboxylic acids is 3. The van der Waals surface area contributed by atoms with Gasteiger partial charge in [0.2, 0.25) is 11.8 Å². The molecule has 1 atom stereocenters. The third kappa shape index (κ3) is 5.26. The number of benzene rings is 3. The smallest absolute Gasteiger partial charge is 0.410 e. The third-order valence-corrected chi connectivity index (χ3v) is 7.16. The van der Waals surface area contributed by atoms with Gasteiger partial charge in [0.15, 0.2) is 0 Å². The van der Waals surface area contributed by atoms with Crippen LogP contribution >= 0.6 is 0 Å². The van der Waals surface area contributed by atoms with Crippen molar-refractivity contribution in [2.24, 2.45) is 0 Å². The van der Waals surface area contributed by atoms with Crippen LogP contribution in [0, 0.1) is 0 Å². The van der Waals surface area contributed by atoms with Gasteiger partial charge in [-0.2, -0.15) is 0 Å². The quantitative estimate of drug-likeness (QED) is 0.528. The topological polar surface area (TPSA) is 99.2 Å². The maximum atomic E-state index is 13.5. The monoisotopic (exact) mass is 513 g/mol. The van der Waals surface area contributed by atoms with E-state index in [0.717, 1.165) is 27.8 Å². The van der Waals surface area contributed by atoms with Gasteiger partial charge in [0.05, 0.1) is 12.5 Å². The molecule has 8 nitrogen and oxygen atoms in total. The normalized spacial score (nSPS) is 15.7. The van der Waals surface area contributed by atoms with Gasteiger partial charge in [0.1, 0.15) is 12.6 Å². The van der Waals surface area contributed by atoms with E-state index in [2.05, 4.69) is 5.32 Å². The molecular weight excluding hydrogens is 482 g/mol. The van der Waals surface area contributed by atoms with E-state index >= 15 is 0 Å². The van der Waals surface area contributed by atoms with Crippen LogP contribution in [-0.2, 0) is 20.9 Å². The fraction of sp³-hybridized carbons (Fsp3) is 0.300. The first-order valence-electron chi connectivity index (χ1n) is 12.9. The molecule has 2 aliphatic rings. The van der Waals surface area contributed by atoms with E-state index in [-0.39, 0.29) is 18.4 Å². The molecule has 1 aliphatic carbocycles. The fourth-order valence-corrected chi connectivity index (χ4v) is 5.23. The zero-order valence-corrected chi connectivity index (χ0v) is 21.1. The lowest BCUT2D eigenvalue weighted by Gasteiger charge is -2.27. The lowest BCUT2D eigenvalue weighted by Crippen LogP contribution is -2.52. The maximum absolute atomic E-state index is 13.5. The van der Waals surface area contributed by atoms with Gasteiger partial charge in [0, 0.05) is 26.2 Å². The predicted molar refractivity (Wildman–Crippen MR) is 142 cm³/mol. The Balaban J connectivity index is 1.21. The fourth-order valence-electron chi connectivity index (χ4n) is 5.23. The van der Waals surface area contributed by atoms with Crippen molar-refractivity contribution >= 4 is 17.9 Å². The van der Waals surface area contributed by atoms with Gasteiger partial charge < -0.3 is 25.0 Å². The lowest BCUT2D eigenvalue weighted by atomic mass is 9.95. The van der Waals surface area contributed by atoms with Crippen molar-refractivity contribution in [3.05, 3.63) is 95.6 Å². The highest BCUT2D eigenvalue weighted by Crippen LogP contribution is 2.44. The summed E-state index contributed by atoms with van der Waals surface area (Å²) in [6.07, 6.45) is 0.149.